The number of carboxylic acids is 1. The molecule has 0 aliphatic carbocycles. The summed E-state index contributed by atoms with van der Waals surface area (Å²) in [7, 11) is 0. The predicted octanol–water partition coefficient (Wildman–Crippen LogP) is 3.49. The van der Waals surface area contributed by atoms with Crippen molar-refractivity contribution in [3.8, 4) is 0 Å². The van der Waals surface area contributed by atoms with E-state index in [1.54, 1.807) is 0 Å². The normalized spacial score (nSPS) is 11.8. The third kappa shape index (κ3) is 4.69. The smallest absolute Gasteiger partial charge is 0.305 e. The van der Waals surface area contributed by atoms with E-state index in [4.69, 9.17) is 5.11 Å². The van der Waals surface area contributed by atoms with E-state index in [0.29, 0.717) is 0 Å². The van der Waals surface area contributed by atoms with Gasteiger partial charge in [-0.15, -0.1) is 0 Å². The SMILES string of the molecule is Cc1cc(C)c(CC(=O)NC(CC(=O)O)c2ccccc2)c(C)c1. The van der Waals surface area contributed by atoms with Gasteiger partial charge in [0.05, 0.1) is 18.9 Å². The van der Waals surface area contributed by atoms with Gasteiger partial charge in [-0.05, 0) is 43.0 Å². The first kappa shape index (κ1) is 17.7. The van der Waals surface area contributed by atoms with Crippen molar-refractivity contribution in [3.05, 3.63) is 70.3 Å². The number of nitrogens with one attached hydrogen (secondary N) is 1. The van der Waals surface area contributed by atoms with Gasteiger partial charge in [0.1, 0.15) is 0 Å². The molecule has 2 rings (SSSR count). The highest BCUT2D eigenvalue weighted by molar-refractivity contribution is 5.80. The lowest BCUT2D eigenvalue weighted by Crippen LogP contribution is -2.31. The largest absolute Gasteiger partial charge is 0.481 e. The number of amides is 1. The molecule has 0 saturated carbocycles. The van der Waals surface area contributed by atoms with E-state index in [-0.39, 0.29) is 18.7 Å². The Hall–Kier alpha value is -2.62. The van der Waals surface area contributed by atoms with Gasteiger partial charge in [0, 0.05) is 0 Å². The molecule has 0 aliphatic heterocycles. The van der Waals surface area contributed by atoms with E-state index in [1.165, 1.54) is 5.56 Å². The molecule has 1 atom stereocenters. The van der Waals surface area contributed by atoms with Crippen LogP contribution in [-0.4, -0.2) is 17.0 Å². The summed E-state index contributed by atoms with van der Waals surface area (Å²) in [6.07, 6.45) is 0.114. The third-order valence-corrected chi connectivity index (χ3v) is 4.09. The predicted molar refractivity (Wildman–Crippen MR) is 93.9 cm³/mol. The fourth-order valence-electron chi connectivity index (χ4n) is 3.01. The number of aryl methyl sites for hydroxylation is 3. The van der Waals surface area contributed by atoms with E-state index in [2.05, 4.69) is 17.4 Å². The van der Waals surface area contributed by atoms with Crippen molar-refractivity contribution in [2.45, 2.75) is 39.7 Å². The van der Waals surface area contributed by atoms with Crippen molar-refractivity contribution in [2.24, 2.45) is 0 Å². The summed E-state index contributed by atoms with van der Waals surface area (Å²) in [6, 6.07) is 12.8. The van der Waals surface area contributed by atoms with Gasteiger partial charge in [0.2, 0.25) is 5.91 Å². The molecule has 0 aromatic heterocycles. The molecule has 0 saturated heterocycles. The van der Waals surface area contributed by atoms with Gasteiger partial charge >= 0.3 is 5.97 Å². The first-order chi connectivity index (χ1) is 11.4. The lowest BCUT2D eigenvalue weighted by molar-refractivity contribution is -0.137. The highest BCUT2D eigenvalue weighted by Crippen LogP contribution is 2.19. The minimum absolute atomic E-state index is 0.137. The molecule has 0 spiro atoms. The van der Waals surface area contributed by atoms with Crippen LogP contribution in [0, 0.1) is 20.8 Å². The van der Waals surface area contributed by atoms with Crippen LogP contribution in [0.5, 0.6) is 0 Å². The maximum atomic E-state index is 12.5. The Morgan fingerprint density at radius 2 is 1.62 bits per heavy atom. The first-order valence-electron chi connectivity index (χ1n) is 7.99. The quantitative estimate of drug-likeness (QED) is 0.854. The van der Waals surface area contributed by atoms with Gasteiger partial charge in [0.25, 0.3) is 0 Å². The van der Waals surface area contributed by atoms with Crippen molar-refractivity contribution < 1.29 is 14.7 Å². The van der Waals surface area contributed by atoms with Crippen molar-refractivity contribution in [2.75, 3.05) is 0 Å². The van der Waals surface area contributed by atoms with Crippen LogP contribution in [0.4, 0.5) is 0 Å². The van der Waals surface area contributed by atoms with Gasteiger partial charge in [-0.25, -0.2) is 0 Å². The van der Waals surface area contributed by atoms with Crippen molar-refractivity contribution in [1.29, 1.82) is 0 Å². The molecule has 1 amide bonds. The highest BCUT2D eigenvalue weighted by Gasteiger charge is 2.19. The van der Waals surface area contributed by atoms with Crippen LogP contribution >= 0.6 is 0 Å². The number of carboxylic acid groups (broad SMARTS) is 1. The summed E-state index contributed by atoms with van der Waals surface area (Å²) in [5.74, 6) is -1.10. The summed E-state index contributed by atoms with van der Waals surface area (Å²) >= 11 is 0. The number of carbonyl (C=O) groups excluding carboxylic acids is 1. The standard InChI is InChI=1S/C20H23NO3/c1-13-9-14(2)17(15(3)10-13)11-19(22)21-18(12-20(23)24)16-7-5-4-6-8-16/h4-10,18H,11-12H2,1-3H3,(H,21,22)(H,23,24). The van der Waals surface area contributed by atoms with Crippen LogP contribution < -0.4 is 5.32 Å². The van der Waals surface area contributed by atoms with Gasteiger partial charge in [-0.3, -0.25) is 9.59 Å². The second-order valence-electron chi connectivity index (χ2n) is 6.18. The lowest BCUT2D eigenvalue weighted by Gasteiger charge is -2.18. The lowest BCUT2D eigenvalue weighted by atomic mass is 9.96. The summed E-state index contributed by atoms with van der Waals surface area (Å²) in [6.45, 7) is 6.02. The topological polar surface area (TPSA) is 66.4 Å². The number of aliphatic carboxylic acids is 1. The van der Waals surface area contributed by atoms with E-state index < -0.39 is 12.0 Å². The highest BCUT2D eigenvalue weighted by atomic mass is 16.4. The zero-order valence-corrected chi connectivity index (χ0v) is 14.3. The molecule has 2 aromatic carbocycles. The molecular formula is C20H23NO3. The van der Waals surface area contributed by atoms with Crippen molar-refractivity contribution >= 4 is 11.9 Å². The van der Waals surface area contributed by atoms with Crippen LogP contribution in [0.1, 0.15) is 40.3 Å². The zero-order chi connectivity index (χ0) is 17.7. The van der Waals surface area contributed by atoms with E-state index >= 15 is 0 Å². The van der Waals surface area contributed by atoms with Crippen LogP contribution in [0.2, 0.25) is 0 Å². The van der Waals surface area contributed by atoms with Crippen molar-refractivity contribution in [1.82, 2.24) is 5.32 Å². The fraction of sp³-hybridized carbons (Fsp3) is 0.300. The van der Waals surface area contributed by atoms with E-state index in [0.717, 1.165) is 22.3 Å². The minimum Gasteiger partial charge on any atom is -0.481 e. The fourth-order valence-corrected chi connectivity index (χ4v) is 3.01. The van der Waals surface area contributed by atoms with Crippen LogP contribution in [0.3, 0.4) is 0 Å². The monoisotopic (exact) mass is 325 g/mol. The Morgan fingerprint density at radius 1 is 1.04 bits per heavy atom. The van der Waals surface area contributed by atoms with Crippen LogP contribution in [0.25, 0.3) is 0 Å². The molecule has 126 valence electrons. The first-order valence-corrected chi connectivity index (χ1v) is 7.99. The molecule has 0 heterocycles. The van der Waals surface area contributed by atoms with E-state index in [1.807, 2.05) is 51.1 Å². The molecular weight excluding hydrogens is 302 g/mol. The molecule has 0 aliphatic rings. The number of benzene rings is 2. The van der Waals surface area contributed by atoms with Gasteiger partial charge < -0.3 is 10.4 Å². The molecule has 0 fully saturated rings. The number of rotatable bonds is 6. The molecule has 4 nitrogen and oxygen atoms in total. The molecule has 0 radical (unpaired) electrons. The second-order valence-corrected chi connectivity index (χ2v) is 6.18. The second kappa shape index (κ2) is 7.77. The average Bonchev–Trinajstić information content (AvgIpc) is 2.50. The Balaban J connectivity index is 2.15. The Morgan fingerprint density at radius 3 is 2.17 bits per heavy atom. The Labute approximate surface area is 142 Å². The molecule has 4 heteroatoms. The summed E-state index contributed by atoms with van der Waals surface area (Å²) in [5, 5.41) is 12.0. The molecule has 1 unspecified atom stereocenters. The van der Waals surface area contributed by atoms with Crippen LogP contribution in [0.15, 0.2) is 42.5 Å². The molecule has 0 bridgehead atoms. The molecule has 2 aromatic rings. The maximum Gasteiger partial charge on any atom is 0.305 e. The Kier molecular flexibility index (Phi) is 5.74. The number of hydrogen-bond acceptors (Lipinski definition) is 2. The average molecular weight is 325 g/mol. The minimum atomic E-state index is -0.938. The zero-order valence-electron chi connectivity index (χ0n) is 14.3. The Bertz CT molecular complexity index is 715. The number of carbonyl (C=O) groups is 2. The molecule has 24 heavy (non-hydrogen) atoms. The van der Waals surface area contributed by atoms with Gasteiger partial charge in [0.15, 0.2) is 0 Å². The summed E-state index contributed by atoms with van der Waals surface area (Å²) in [4.78, 5) is 23.6. The summed E-state index contributed by atoms with van der Waals surface area (Å²) < 4.78 is 0. The van der Waals surface area contributed by atoms with E-state index in [9.17, 15) is 9.59 Å². The summed E-state index contributed by atoms with van der Waals surface area (Å²) in [5.41, 5.74) is 5.13. The van der Waals surface area contributed by atoms with Gasteiger partial charge in [-0.2, -0.15) is 0 Å². The van der Waals surface area contributed by atoms with Crippen molar-refractivity contribution in [3.63, 3.8) is 0 Å². The maximum absolute atomic E-state index is 12.5. The number of hydrogen-bond donors (Lipinski definition) is 2. The van der Waals surface area contributed by atoms with Gasteiger partial charge in [-0.1, -0.05) is 48.0 Å². The third-order valence-electron chi connectivity index (χ3n) is 4.09. The van der Waals surface area contributed by atoms with Crippen LogP contribution in [-0.2, 0) is 16.0 Å². The molecule has 2 N–H and O–H groups in total.